The van der Waals surface area contributed by atoms with Gasteiger partial charge in [0.1, 0.15) is 0 Å². The Kier molecular flexibility index (Phi) is 7.86. The van der Waals surface area contributed by atoms with Gasteiger partial charge in [-0.05, 0) is 32.9 Å². The SMILES string of the molecule is C=C(C)C(=O)ON(C)CC.Cc1ccc(S(=O)(=O)O)cc1. The van der Waals surface area contributed by atoms with Crippen molar-refractivity contribution in [3.8, 4) is 0 Å². The van der Waals surface area contributed by atoms with Gasteiger partial charge in [0.15, 0.2) is 0 Å². The van der Waals surface area contributed by atoms with E-state index in [2.05, 4.69) is 6.58 Å². The first-order chi connectivity index (χ1) is 9.57. The fourth-order valence-corrected chi connectivity index (χ4v) is 1.47. The number of nitrogens with zero attached hydrogens (tertiary/aromatic N) is 1. The molecule has 118 valence electrons. The third-order valence-corrected chi connectivity index (χ3v) is 3.22. The minimum atomic E-state index is -4.02. The molecule has 0 unspecified atom stereocenters. The molecule has 0 heterocycles. The molecule has 0 amide bonds. The van der Waals surface area contributed by atoms with Crippen LogP contribution in [0.25, 0.3) is 0 Å². The smallest absolute Gasteiger partial charge is 0.351 e. The Morgan fingerprint density at radius 2 is 1.81 bits per heavy atom. The lowest BCUT2D eigenvalue weighted by atomic mass is 10.2. The van der Waals surface area contributed by atoms with Gasteiger partial charge in [-0.3, -0.25) is 4.55 Å². The van der Waals surface area contributed by atoms with E-state index in [-0.39, 0.29) is 10.9 Å². The first-order valence-electron chi connectivity index (χ1n) is 6.21. The number of hydrogen-bond donors (Lipinski definition) is 1. The van der Waals surface area contributed by atoms with Crippen LogP contribution in [0.15, 0.2) is 41.3 Å². The zero-order valence-electron chi connectivity index (χ0n) is 12.7. The average molecular weight is 315 g/mol. The molecule has 0 aromatic heterocycles. The summed E-state index contributed by atoms with van der Waals surface area (Å²) in [6.45, 7) is 9.47. The summed E-state index contributed by atoms with van der Waals surface area (Å²) in [5, 5.41) is 1.46. The summed E-state index contributed by atoms with van der Waals surface area (Å²) < 4.78 is 29.6. The van der Waals surface area contributed by atoms with Crippen LogP contribution < -0.4 is 0 Å². The maximum absolute atomic E-state index is 10.7. The van der Waals surface area contributed by atoms with E-state index in [4.69, 9.17) is 9.39 Å². The quantitative estimate of drug-likeness (QED) is 0.521. The van der Waals surface area contributed by atoms with Crippen molar-refractivity contribution in [1.29, 1.82) is 0 Å². The predicted molar refractivity (Wildman–Crippen MR) is 80.2 cm³/mol. The molecule has 0 aliphatic carbocycles. The summed E-state index contributed by atoms with van der Waals surface area (Å²) in [5.74, 6) is -0.371. The number of hydroxylamine groups is 2. The van der Waals surface area contributed by atoms with Crippen molar-refractivity contribution in [2.45, 2.75) is 25.7 Å². The maximum Gasteiger partial charge on any atom is 0.351 e. The van der Waals surface area contributed by atoms with Crippen LogP contribution in [0.3, 0.4) is 0 Å². The molecule has 1 aromatic carbocycles. The Balaban J connectivity index is 0.000000384. The van der Waals surface area contributed by atoms with Gasteiger partial charge in [0.2, 0.25) is 0 Å². The minimum absolute atomic E-state index is 0.0666. The summed E-state index contributed by atoms with van der Waals surface area (Å²) in [6, 6.07) is 5.99. The monoisotopic (exact) mass is 315 g/mol. The summed E-state index contributed by atoms with van der Waals surface area (Å²) in [5.41, 5.74) is 1.37. The van der Waals surface area contributed by atoms with Gasteiger partial charge in [-0.1, -0.05) is 24.3 Å². The van der Waals surface area contributed by atoms with Gasteiger partial charge >= 0.3 is 5.97 Å². The van der Waals surface area contributed by atoms with E-state index in [1.54, 1.807) is 26.1 Å². The first kappa shape index (κ1) is 19.3. The lowest BCUT2D eigenvalue weighted by Crippen LogP contribution is -2.22. The Bertz CT molecular complexity index is 578. The van der Waals surface area contributed by atoms with Crippen LogP contribution in [-0.2, 0) is 19.8 Å². The van der Waals surface area contributed by atoms with Crippen molar-refractivity contribution >= 4 is 16.1 Å². The normalized spacial score (nSPS) is 10.6. The van der Waals surface area contributed by atoms with E-state index in [0.29, 0.717) is 12.1 Å². The molecular weight excluding hydrogens is 294 g/mol. The standard InChI is InChI=1S/C7H13NO2.C7H8O3S/c1-5-8(4)10-7(9)6(2)3;1-6-2-4-7(5-3-6)11(8,9)10/h2,5H2,1,3-4H3;2-5H,1H3,(H,8,9,10). The molecule has 0 radical (unpaired) electrons. The van der Waals surface area contributed by atoms with Crippen molar-refractivity contribution in [1.82, 2.24) is 5.06 Å². The molecule has 0 saturated carbocycles. The molecule has 0 aliphatic rings. The van der Waals surface area contributed by atoms with Gasteiger partial charge in [0, 0.05) is 19.2 Å². The van der Waals surface area contributed by atoms with E-state index in [0.717, 1.165) is 5.56 Å². The molecule has 1 aromatic rings. The van der Waals surface area contributed by atoms with E-state index < -0.39 is 10.1 Å². The molecule has 0 aliphatic heterocycles. The Morgan fingerprint density at radius 3 is 2.14 bits per heavy atom. The van der Waals surface area contributed by atoms with Gasteiger partial charge in [-0.15, -0.1) is 5.06 Å². The molecule has 0 fully saturated rings. The maximum atomic E-state index is 10.7. The molecule has 0 bridgehead atoms. The summed E-state index contributed by atoms with van der Waals surface area (Å²) >= 11 is 0. The van der Waals surface area contributed by atoms with Crippen molar-refractivity contribution in [2.75, 3.05) is 13.6 Å². The molecule has 1 N–H and O–H groups in total. The zero-order valence-corrected chi connectivity index (χ0v) is 13.5. The predicted octanol–water partition coefficient (Wildman–Crippen LogP) is 2.21. The first-order valence-corrected chi connectivity index (χ1v) is 7.65. The van der Waals surface area contributed by atoms with Gasteiger partial charge in [-0.25, -0.2) is 4.79 Å². The lowest BCUT2D eigenvalue weighted by molar-refractivity contribution is -0.177. The lowest BCUT2D eigenvalue weighted by Gasteiger charge is -2.12. The highest BCUT2D eigenvalue weighted by Gasteiger charge is 2.07. The number of aryl methyl sites for hydroxylation is 1. The van der Waals surface area contributed by atoms with Crippen LogP contribution in [-0.4, -0.2) is 37.6 Å². The fourth-order valence-electron chi connectivity index (χ4n) is 0.994. The van der Waals surface area contributed by atoms with Crippen molar-refractivity contribution in [3.63, 3.8) is 0 Å². The number of hydrogen-bond acceptors (Lipinski definition) is 5. The number of carbonyl (C=O) groups is 1. The number of carbonyl (C=O) groups excluding carboxylic acids is 1. The molecule has 6 nitrogen and oxygen atoms in total. The van der Waals surface area contributed by atoms with Crippen molar-refractivity contribution < 1.29 is 22.6 Å². The van der Waals surface area contributed by atoms with Crippen LogP contribution in [0, 0.1) is 6.92 Å². The number of rotatable bonds is 4. The van der Waals surface area contributed by atoms with Crippen LogP contribution >= 0.6 is 0 Å². The minimum Gasteiger partial charge on any atom is -0.364 e. The van der Waals surface area contributed by atoms with Crippen LogP contribution in [0.4, 0.5) is 0 Å². The summed E-state index contributed by atoms with van der Waals surface area (Å²) in [4.78, 5) is 15.4. The van der Waals surface area contributed by atoms with Gasteiger partial charge in [-0.2, -0.15) is 8.42 Å². The third-order valence-electron chi connectivity index (χ3n) is 2.35. The molecular formula is C14H21NO5S. The summed E-state index contributed by atoms with van der Waals surface area (Å²) in [7, 11) is -2.32. The Morgan fingerprint density at radius 1 is 1.33 bits per heavy atom. The molecule has 0 saturated heterocycles. The van der Waals surface area contributed by atoms with Gasteiger partial charge < -0.3 is 4.84 Å². The molecule has 0 spiro atoms. The van der Waals surface area contributed by atoms with Gasteiger partial charge in [0.25, 0.3) is 10.1 Å². The highest BCUT2D eigenvalue weighted by molar-refractivity contribution is 7.85. The Labute approximate surface area is 125 Å². The largest absolute Gasteiger partial charge is 0.364 e. The average Bonchev–Trinajstić information content (AvgIpc) is 2.38. The molecule has 7 heteroatoms. The summed E-state index contributed by atoms with van der Waals surface area (Å²) in [6.07, 6.45) is 0. The topological polar surface area (TPSA) is 83.9 Å². The Hall–Kier alpha value is -1.70. The van der Waals surface area contributed by atoms with Crippen molar-refractivity contribution in [2.24, 2.45) is 0 Å². The highest BCUT2D eigenvalue weighted by Crippen LogP contribution is 2.08. The molecule has 21 heavy (non-hydrogen) atoms. The second kappa shape index (κ2) is 8.56. The van der Waals surface area contributed by atoms with E-state index in [9.17, 15) is 13.2 Å². The second-order valence-electron chi connectivity index (χ2n) is 4.39. The van der Waals surface area contributed by atoms with E-state index >= 15 is 0 Å². The number of benzene rings is 1. The highest BCUT2D eigenvalue weighted by atomic mass is 32.2. The van der Waals surface area contributed by atoms with E-state index in [1.165, 1.54) is 17.2 Å². The van der Waals surface area contributed by atoms with E-state index in [1.807, 2.05) is 13.8 Å². The van der Waals surface area contributed by atoms with Crippen LogP contribution in [0.5, 0.6) is 0 Å². The molecule has 0 atom stereocenters. The molecule has 1 rings (SSSR count). The van der Waals surface area contributed by atoms with Gasteiger partial charge in [0.05, 0.1) is 4.90 Å². The zero-order chi connectivity index (χ0) is 16.6. The van der Waals surface area contributed by atoms with Crippen LogP contribution in [0.1, 0.15) is 19.4 Å². The van der Waals surface area contributed by atoms with Crippen LogP contribution in [0.2, 0.25) is 0 Å². The second-order valence-corrected chi connectivity index (χ2v) is 5.81. The van der Waals surface area contributed by atoms with Crippen molar-refractivity contribution in [3.05, 3.63) is 42.0 Å². The fraction of sp³-hybridized carbons (Fsp3) is 0.357. The third kappa shape index (κ3) is 8.23.